The molecule has 128 valence electrons. The molecular formula is C17H14ClN3O4. The number of hydrogen-bond acceptors (Lipinski definition) is 6. The molecule has 0 radical (unpaired) electrons. The van der Waals surface area contributed by atoms with E-state index in [-0.39, 0.29) is 23.5 Å². The highest BCUT2D eigenvalue weighted by Gasteiger charge is 2.23. The minimum Gasteiger partial charge on any atom is -0.506 e. The Morgan fingerprint density at radius 3 is 2.32 bits per heavy atom. The number of phenolic OH excluding ortho intramolecular Hbond substituents is 1. The first kappa shape index (κ1) is 18.3. The number of nitrogens with zero attached hydrogens (tertiary/aromatic N) is 3. The van der Waals surface area contributed by atoms with Crippen molar-refractivity contribution in [1.29, 1.82) is 0 Å². The first-order valence-corrected chi connectivity index (χ1v) is 7.58. The van der Waals surface area contributed by atoms with Crippen LogP contribution in [0.5, 0.6) is 5.75 Å². The number of hydrogen-bond donors (Lipinski definition) is 1. The molecule has 8 heteroatoms. The summed E-state index contributed by atoms with van der Waals surface area (Å²) in [7, 11) is 0. The third kappa shape index (κ3) is 5.22. The summed E-state index contributed by atoms with van der Waals surface area (Å²) >= 11 is 5.71. The van der Waals surface area contributed by atoms with Crippen molar-refractivity contribution < 1.29 is 19.5 Å². The van der Waals surface area contributed by atoms with Crippen LogP contribution in [0.15, 0.2) is 64.8 Å². The number of halogens is 1. The molecule has 2 rings (SSSR count). The molecule has 2 aromatic carbocycles. The van der Waals surface area contributed by atoms with Gasteiger partial charge in [-0.15, -0.1) is 0 Å². The van der Waals surface area contributed by atoms with Gasteiger partial charge in [0.2, 0.25) is 0 Å². The fourth-order valence-electron chi connectivity index (χ4n) is 1.84. The summed E-state index contributed by atoms with van der Waals surface area (Å²) in [5, 5.41) is 16.9. The molecule has 0 aromatic heterocycles. The Kier molecular flexibility index (Phi) is 6.36. The number of benzene rings is 2. The topological polar surface area (TPSA) is 99.4 Å². The Balaban J connectivity index is 1.88. The highest BCUT2D eigenvalue weighted by Crippen LogP contribution is 2.24. The molecule has 7 nitrogen and oxygen atoms in total. The fraction of sp³-hybridized carbons (Fsp3) is 0.118. The number of aromatic hydroxyl groups is 1. The Morgan fingerprint density at radius 2 is 1.64 bits per heavy atom. The van der Waals surface area contributed by atoms with Crippen molar-refractivity contribution in [3.63, 3.8) is 0 Å². The highest BCUT2D eigenvalue weighted by molar-refractivity contribution is 6.33. The van der Waals surface area contributed by atoms with Crippen molar-refractivity contribution in [3.8, 4) is 5.75 Å². The highest BCUT2D eigenvalue weighted by atomic mass is 35.5. The van der Waals surface area contributed by atoms with Crippen LogP contribution in [0.4, 0.5) is 5.69 Å². The normalized spacial score (nSPS) is 10.6. The summed E-state index contributed by atoms with van der Waals surface area (Å²) in [6.45, 7) is -0.371. The van der Waals surface area contributed by atoms with Crippen LogP contribution in [0.2, 0.25) is 0 Å². The number of amides is 2. The van der Waals surface area contributed by atoms with Gasteiger partial charge in [-0.25, -0.2) is 0 Å². The maximum Gasteiger partial charge on any atom is 0.275 e. The number of rotatable bonds is 6. The lowest BCUT2D eigenvalue weighted by molar-refractivity contribution is -0.130. The second kappa shape index (κ2) is 8.70. The number of phenols is 1. The van der Waals surface area contributed by atoms with Crippen LogP contribution in [0, 0.1) is 0 Å². The van der Waals surface area contributed by atoms with Gasteiger partial charge >= 0.3 is 0 Å². The molecule has 0 aliphatic heterocycles. The average Bonchev–Trinajstić information content (AvgIpc) is 2.62. The molecule has 0 unspecified atom stereocenters. The van der Waals surface area contributed by atoms with Crippen molar-refractivity contribution >= 4 is 35.1 Å². The van der Waals surface area contributed by atoms with E-state index >= 15 is 0 Å². The Hall–Kier alpha value is -3.06. The van der Waals surface area contributed by atoms with Crippen molar-refractivity contribution in [1.82, 2.24) is 4.42 Å². The smallest absolute Gasteiger partial charge is 0.275 e. The molecule has 0 bridgehead atoms. The minimum atomic E-state index is -0.849. The van der Waals surface area contributed by atoms with Crippen LogP contribution in [-0.2, 0) is 9.59 Å². The van der Waals surface area contributed by atoms with Crippen molar-refractivity contribution in [2.75, 3.05) is 6.54 Å². The molecule has 0 spiro atoms. The van der Waals surface area contributed by atoms with Gasteiger partial charge in [-0.1, -0.05) is 30.3 Å². The maximum absolute atomic E-state index is 12.0. The summed E-state index contributed by atoms with van der Waals surface area (Å²) in [5.74, 6) is -2.19. The molecule has 0 heterocycles. The predicted molar refractivity (Wildman–Crippen MR) is 90.6 cm³/mol. The SMILES string of the molecule is O=C(CN=Nc1ccccc1O)CC(=O)N(Cl)C(=O)c1ccccc1. The Bertz CT molecular complexity index is 809. The summed E-state index contributed by atoms with van der Waals surface area (Å²) in [6.07, 6.45) is -0.581. The van der Waals surface area contributed by atoms with Crippen LogP contribution < -0.4 is 0 Å². The maximum atomic E-state index is 12.0. The predicted octanol–water partition coefficient (Wildman–Crippen LogP) is 3.26. The van der Waals surface area contributed by atoms with Gasteiger partial charge in [0.1, 0.15) is 18.0 Å². The minimum absolute atomic E-state index is 0.0739. The van der Waals surface area contributed by atoms with Crippen molar-refractivity contribution in [2.24, 2.45) is 10.2 Å². The van der Waals surface area contributed by atoms with E-state index in [1.165, 1.54) is 24.3 Å². The summed E-state index contributed by atoms with van der Waals surface area (Å²) in [5.41, 5.74) is 0.442. The van der Waals surface area contributed by atoms with Gasteiger partial charge in [0.25, 0.3) is 11.8 Å². The second-order valence-electron chi connectivity index (χ2n) is 4.95. The lowest BCUT2D eigenvalue weighted by Gasteiger charge is -2.11. The van der Waals surface area contributed by atoms with Crippen LogP contribution in [-0.4, -0.2) is 33.7 Å². The van der Waals surface area contributed by atoms with E-state index in [1.807, 2.05) is 0 Å². The molecule has 2 amide bonds. The first-order valence-electron chi connectivity index (χ1n) is 7.24. The lowest BCUT2D eigenvalue weighted by atomic mass is 10.2. The average molecular weight is 360 g/mol. The van der Waals surface area contributed by atoms with Gasteiger partial charge in [-0.05, 0) is 24.3 Å². The molecule has 25 heavy (non-hydrogen) atoms. The molecular weight excluding hydrogens is 346 g/mol. The number of carbonyl (C=O) groups excluding carboxylic acids is 3. The van der Waals surface area contributed by atoms with Crippen LogP contribution in [0.25, 0.3) is 0 Å². The molecule has 0 saturated carbocycles. The van der Waals surface area contributed by atoms with Gasteiger partial charge in [0.05, 0.1) is 6.42 Å². The summed E-state index contributed by atoms with van der Waals surface area (Å²) in [4.78, 5) is 35.7. The van der Waals surface area contributed by atoms with E-state index in [9.17, 15) is 19.5 Å². The van der Waals surface area contributed by atoms with Gasteiger partial charge in [0, 0.05) is 17.3 Å². The van der Waals surface area contributed by atoms with Gasteiger partial charge in [-0.3, -0.25) is 14.4 Å². The summed E-state index contributed by atoms with van der Waals surface area (Å²) < 4.78 is 0.382. The quantitative estimate of drug-likeness (QED) is 0.486. The van der Waals surface area contributed by atoms with Crippen LogP contribution in [0.3, 0.4) is 0 Å². The van der Waals surface area contributed by atoms with Crippen molar-refractivity contribution in [2.45, 2.75) is 6.42 Å². The largest absolute Gasteiger partial charge is 0.506 e. The molecule has 0 aliphatic carbocycles. The number of Topliss-reactive ketones (excluding diaryl/α,β-unsaturated/α-hetero) is 1. The number of ketones is 1. The zero-order valence-corrected chi connectivity index (χ0v) is 13.8. The van der Waals surface area contributed by atoms with E-state index in [4.69, 9.17) is 11.8 Å². The van der Waals surface area contributed by atoms with E-state index < -0.39 is 24.0 Å². The summed E-state index contributed by atoms with van der Waals surface area (Å²) in [6, 6.07) is 14.2. The van der Waals surface area contributed by atoms with Crippen LogP contribution >= 0.6 is 11.8 Å². The first-order chi connectivity index (χ1) is 12.0. The van der Waals surface area contributed by atoms with Gasteiger partial charge < -0.3 is 5.11 Å². The molecule has 1 N–H and O–H groups in total. The fourth-order valence-corrected chi connectivity index (χ4v) is 2.00. The third-order valence-electron chi connectivity index (χ3n) is 3.07. The molecule has 0 aliphatic rings. The van der Waals surface area contributed by atoms with Crippen molar-refractivity contribution in [3.05, 3.63) is 60.2 Å². The Labute approximate surface area is 148 Å². The Morgan fingerprint density at radius 1 is 1.00 bits per heavy atom. The number of imide groups is 1. The zero-order chi connectivity index (χ0) is 18.2. The van der Waals surface area contributed by atoms with Gasteiger partial charge in [-0.2, -0.15) is 14.6 Å². The number of para-hydroxylation sites is 1. The number of azo groups is 1. The monoisotopic (exact) mass is 359 g/mol. The van der Waals surface area contributed by atoms with Gasteiger partial charge in [0.15, 0.2) is 5.78 Å². The van der Waals surface area contributed by atoms with E-state index in [0.717, 1.165) is 0 Å². The van der Waals surface area contributed by atoms with Crippen LogP contribution in [0.1, 0.15) is 16.8 Å². The lowest BCUT2D eigenvalue weighted by Crippen LogP contribution is -2.30. The molecule has 0 atom stereocenters. The van der Waals surface area contributed by atoms with E-state index in [2.05, 4.69) is 10.2 Å². The molecule has 0 fully saturated rings. The standard InChI is InChI=1S/C17H14ClN3O4/c18-21(17(25)12-6-2-1-3-7-12)16(24)10-13(22)11-19-20-14-8-4-5-9-15(14)23/h1-9,23H,10-11H2. The third-order valence-corrected chi connectivity index (χ3v) is 3.42. The molecule has 0 saturated heterocycles. The second-order valence-corrected chi connectivity index (χ2v) is 5.29. The van der Waals surface area contributed by atoms with E-state index in [0.29, 0.717) is 4.42 Å². The molecule has 2 aromatic rings. The zero-order valence-electron chi connectivity index (χ0n) is 13.0. The number of carbonyl (C=O) groups is 3. The van der Waals surface area contributed by atoms with E-state index in [1.54, 1.807) is 30.3 Å².